The molecule has 2 aromatic carbocycles. The van der Waals surface area contributed by atoms with Crippen LogP contribution in [0.2, 0.25) is 0 Å². The van der Waals surface area contributed by atoms with Crippen LogP contribution in [0.1, 0.15) is 37.2 Å². The molecule has 19 heavy (non-hydrogen) atoms. The molecule has 2 atom stereocenters. The van der Waals surface area contributed by atoms with Gasteiger partial charge >= 0.3 is 0 Å². The molecule has 0 saturated heterocycles. The first-order valence-electron chi connectivity index (χ1n) is 7.38. The molecular formula is C18H19N. The van der Waals surface area contributed by atoms with E-state index < -0.39 is 0 Å². The third kappa shape index (κ3) is 1.68. The van der Waals surface area contributed by atoms with Gasteiger partial charge < -0.3 is 4.90 Å². The molecule has 0 amide bonds. The van der Waals surface area contributed by atoms with Crippen LogP contribution in [-0.4, -0.2) is 6.04 Å². The van der Waals surface area contributed by atoms with Gasteiger partial charge in [-0.05, 0) is 36.6 Å². The van der Waals surface area contributed by atoms with Crippen LogP contribution in [0.25, 0.3) is 0 Å². The van der Waals surface area contributed by atoms with Crippen LogP contribution in [0.3, 0.4) is 0 Å². The summed E-state index contributed by atoms with van der Waals surface area (Å²) in [6.07, 6.45) is 5.44. The van der Waals surface area contributed by atoms with Crippen LogP contribution >= 0.6 is 0 Å². The van der Waals surface area contributed by atoms with Crippen molar-refractivity contribution in [2.24, 2.45) is 0 Å². The number of anilines is 2. The van der Waals surface area contributed by atoms with E-state index in [1.165, 1.54) is 37.1 Å². The zero-order chi connectivity index (χ0) is 12.7. The van der Waals surface area contributed by atoms with Crippen LogP contribution < -0.4 is 4.90 Å². The molecule has 0 radical (unpaired) electrons. The second-order valence-electron chi connectivity index (χ2n) is 5.72. The lowest BCUT2D eigenvalue weighted by molar-refractivity contribution is 0.402. The van der Waals surface area contributed by atoms with Crippen molar-refractivity contribution in [2.75, 3.05) is 4.90 Å². The minimum atomic E-state index is 0.675. The summed E-state index contributed by atoms with van der Waals surface area (Å²) in [5.74, 6) is 0.741. The molecule has 4 rings (SSSR count). The van der Waals surface area contributed by atoms with Gasteiger partial charge in [0.2, 0.25) is 0 Å². The van der Waals surface area contributed by atoms with Crippen molar-refractivity contribution < 1.29 is 0 Å². The van der Waals surface area contributed by atoms with Gasteiger partial charge in [-0.1, -0.05) is 49.2 Å². The van der Waals surface area contributed by atoms with Crippen molar-refractivity contribution in [2.45, 2.75) is 37.6 Å². The number of rotatable bonds is 1. The van der Waals surface area contributed by atoms with Crippen molar-refractivity contribution >= 4 is 11.4 Å². The molecule has 2 unspecified atom stereocenters. The Bertz CT molecular complexity index is 575. The van der Waals surface area contributed by atoms with Gasteiger partial charge in [-0.3, -0.25) is 0 Å². The second kappa shape index (κ2) is 4.41. The zero-order valence-electron chi connectivity index (χ0n) is 11.1. The fourth-order valence-electron chi connectivity index (χ4n) is 3.90. The minimum absolute atomic E-state index is 0.675. The molecule has 2 aliphatic rings. The Morgan fingerprint density at radius 3 is 2.42 bits per heavy atom. The Balaban J connectivity index is 1.85. The van der Waals surface area contributed by atoms with Gasteiger partial charge in [0.1, 0.15) is 0 Å². The number of hydrogen-bond acceptors (Lipinski definition) is 1. The Morgan fingerprint density at radius 1 is 0.789 bits per heavy atom. The topological polar surface area (TPSA) is 3.24 Å². The summed E-state index contributed by atoms with van der Waals surface area (Å²) < 4.78 is 0. The van der Waals surface area contributed by atoms with E-state index in [1.54, 1.807) is 5.56 Å². The summed E-state index contributed by atoms with van der Waals surface area (Å²) >= 11 is 0. The van der Waals surface area contributed by atoms with Gasteiger partial charge in [-0.15, -0.1) is 0 Å². The van der Waals surface area contributed by atoms with E-state index in [0.717, 1.165) is 5.92 Å². The molecule has 0 spiro atoms. The third-order valence-electron chi connectivity index (χ3n) is 4.69. The molecule has 1 nitrogen and oxygen atoms in total. The van der Waals surface area contributed by atoms with E-state index in [-0.39, 0.29) is 0 Å². The number of benzene rings is 2. The number of fused-ring (bicyclic) bond motifs is 3. The Morgan fingerprint density at radius 2 is 1.53 bits per heavy atom. The average molecular weight is 249 g/mol. The highest BCUT2D eigenvalue weighted by atomic mass is 15.2. The zero-order valence-corrected chi connectivity index (χ0v) is 11.1. The fourth-order valence-corrected chi connectivity index (χ4v) is 3.90. The predicted molar refractivity (Wildman–Crippen MR) is 80.0 cm³/mol. The van der Waals surface area contributed by atoms with E-state index in [0.29, 0.717) is 6.04 Å². The van der Waals surface area contributed by atoms with Gasteiger partial charge in [0.05, 0.1) is 0 Å². The van der Waals surface area contributed by atoms with Gasteiger partial charge in [0.15, 0.2) is 0 Å². The fraction of sp³-hybridized carbons (Fsp3) is 0.333. The Hall–Kier alpha value is -1.76. The molecule has 1 saturated carbocycles. The van der Waals surface area contributed by atoms with E-state index in [9.17, 15) is 0 Å². The third-order valence-corrected chi connectivity index (χ3v) is 4.69. The molecule has 96 valence electrons. The average Bonchev–Trinajstić information content (AvgIpc) is 2.83. The molecule has 1 aliphatic heterocycles. The lowest BCUT2D eigenvalue weighted by atomic mass is 9.82. The van der Waals surface area contributed by atoms with Crippen LogP contribution in [-0.2, 0) is 0 Å². The SMILES string of the molecule is c1ccc(N2c3ccccc3C3CCCCC32)cc1. The van der Waals surface area contributed by atoms with Gasteiger partial charge in [-0.2, -0.15) is 0 Å². The first-order chi connectivity index (χ1) is 9.45. The summed E-state index contributed by atoms with van der Waals surface area (Å²) in [6.45, 7) is 0. The van der Waals surface area contributed by atoms with Gasteiger partial charge in [0, 0.05) is 23.3 Å². The summed E-state index contributed by atoms with van der Waals surface area (Å²) in [7, 11) is 0. The summed E-state index contributed by atoms with van der Waals surface area (Å²) in [5.41, 5.74) is 4.35. The van der Waals surface area contributed by atoms with Crippen molar-refractivity contribution in [3.63, 3.8) is 0 Å². The van der Waals surface area contributed by atoms with Crippen molar-refractivity contribution in [3.05, 3.63) is 60.2 Å². The Labute approximate surface area is 114 Å². The smallest absolute Gasteiger partial charge is 0.0449 e. The van der Waals surface area contributed by atoms with E-state index >= 15 is 0 Å². The summed E-state index contributed by atoms with van der Waals surface area (Å²) in [6, 6.07) is 20.6. The normalized spacial score (nSPS) is 24.9. The van der Waals surface area contributed by atoms with E-state index in [4.69, 9.17) is 0 Å². The molecule has 1 heterocycles. The highest BCUT2D eigenvalue weighted by Gasteiger charge is 2.39. The molecule has 0 aromatic heterocycles. The molecular weight excluding hydrogens is 230 g/mol. The molecule has 0 bridgehead atoms. The lowest BCUT2D eigenvalue weighted by Gasteiger charge is -2.33. The predicted octanol–water partition coefficient (Wildman–Crippen LogP) is 4.86. The maximum Gasteiger partial charge on any atom is 0.0449 e. The standard InChI is InChI=1S/C18H19N/c1-2-8-14(9-3-1)19-17-12-6-4-10-15(17)16-11-5-7-13-18(16)19/h1-4,6,8-10,12,16,18H,5,7,11,13H2. The largest absolute Gasteiger partial charge is 0.338 e. The van der Waals surface area contributed by atoms with E-state index in [2.05, 4.69) is 59.5 Å². The molecule has 1 heteroatoms. The molecule has 1 aliphatic carbocycles. The number of nitrogens with zero attached hydrogens (tertiary/aromatic N) is 1. The van der Waals surface area contributed by atoms with Crippen LogP contribution in [0, 0.1) is 0 Å². The van der Waals surface area contributed by atoms with Crippen LogP contribution in [0.4, 0.5) is 11.4 Å². The second-order valence-corrected chi connectivity index (χ2v) is 5.72. The Kier molecular flexibility index (Phi) is 2.58. The molecule has 2 aromatic rings. The number of para-hydroxylation sites is 2. The first kappa shape index (κ1) is 11.1. The van der Waals surface area contributed by atoms with Gasteiger partial charge in [0.25, 0.3) is 0 Å². The van der Waals surface area contributed by atoms with Crippen molar-refractivity contribution in [1.82, 2.24) is 0 Å². The first-order valence-corrected chi connectivity index (χ1v) is 7.38. The summed E-state index contributed by atoms with van der Waals surface area (Å²) in [5, 5.41) is 0. The molecule has 1 fully saturated rings. The number of hydrogen-bond donors (Lipinski definition) is 0. The van der Waals surface area contributed by atoms with Crippen LogP contribution in [0.5, 0.6) is 0 Å². The molecule has 0 N–H and O–H groups in total. The highest BCUT2D eigenvalue weighted by Crippen LogP contribution is 2.50. The monoisotopic (exact) mass is 249 g/mol. The van der Waals surface area contributed by atoms with Crippen molar-refractivity contribution in [3.8, 4) is 0 Å². The van der Waals surface area contributed by atoms with Crippen molar-refractivity contribution in [1.29, 1.82) is 0 Å². The highest BCUT2D eigenvalue weighted by molar-refractivity contribution is 5.72. The maximum atomic E-state index is 2.58. The minimum Gasteiger partial charge on any atom is -0.338 e. The summed E-state index contributed by atoms with van der Waals surface area (Å²) in [4.78, 5) is 2.58. The van der Waals surface area contributed by atoms with Crippen LogP contribution in [0.15, 0.2) is 54.6 Å². The maximum absolute atomic E-state index is 2.58. The lowest BCUT2D eigenvalue weighted by Crippen LogP contribution is -2.32. The van der Waals surface area contributed by atoms with E-state index in [1.807, 2.05) is 0 Å². The quantitative estimate of drug-likeness (QED) is 0.697. The van der Waals surface area contributed by atoms with Gasteiger partial charge in [-0.25, -0.2) is 0 Å².